The van der Waals surface area contributed by atoms with Gasteiger partial charge in [0.2, 0.25) is 5.91 Å². The normalized spacial score (nSPS) is 13.4. The minimum atomic E-state index is 0.229. The van der Waals surface area contributed by atoms with Crippen LogP contribution < -0.4 is 5.32 Å². The average molecular weight is 408 g/mol. The number of anilines is 2. The lowest BCUT2D eigenvalue weighted by Crippen LogP contribution is -2.36. The van der Waals surface area contributed by atoms with Gasteiger partial charge in [-0.25, -0.2) is 15.0 Å². The molecule has 0 saturated carbocycles. The fraction of sp³-hybridized carbons (Fsp3) is 0.364. The van der Waals surface area contributed by atoms with Crippen LogP contribution in [0, 0.1) is 12.8 Å². The number of nitrogens with one attached hydrogen (secondary N) is 1. The number of thiazole rings is 1. The number of nitrogens with zero attached hydrogens (tertiary/aromatic N) is 4. The highest BCUT2D eigenvalue weighted by atomic mass is 32.1. The molecule has 3 heterocycles. The molecule has 29 heavy (non-hydrogen) atoms. The summed E-state index contributed by atoms with van der Waals surface area (Å²) in [7, 11) is 0. The maximum atomic E-state index is 12.4. The summed E-state index contributed by atoms with van der Waals surface area (Å²) in [5, 5.41) is 4.15. The van der Waals surface area contributed by atoms with Crippen molar-refractivity contribution in [2.45, 2.75) is 40.2 Å². The smallest absolute Gasteiger partial charge is 0.223 e. The fourth-order valence-corrected chi connectivity index (χ4v) is 4.47. The van der Waals surface area contributed by atoms with Crippen LogP contribution >= 0.6 is 11.3 Å². The molecule has 0 saturated heterocycles. The monoisotopic (exact) mass is 407 g/mol. The third-order valence-electron chi connectivity index (χ3n) is 4.81. The van der Waals surface area contributed by atoms with Crippen LogP contribution in [0.25, 0.3) is 11.3 Å². The van der Waals surface area contributed by atoms with Gasteiger partial charge in [0.25, 0.3) is 0 Å². The van der Waals surface area contributed by atoms with E-state index < -0.39 is 0 Å². The molecule has 1 N–H and O–H groups in total. The van der Waals surface area contributed by atoms with Gasteiger partial charge >= 0.3 is 0 Å². The lowest BCUT2D eigenvalue weighted by Gasteiger charge is -2.26. The van der Waals surface area contributed by atoms with Crippen molar-refractivity contribution in [2.24, 2.45) is 5.92 Å². The van der Waals surface area contributed by atoms with Crippen LogP contribution in [-0.4, -0.2) is 32.3 Å². The molecule has 0 fully saturated rings. The second-order valence-electron chi connectivity index (χ2n) is 7.73. The van der Waals surface area contributed by atoms with Gasteiger partial charge in [-0.1, -0.05) is 55.5 Å². The van der Waals surface area contributed by atoms with Gasteiger partial charge in [0, 0.05) is 35.9 Å². The first kappa shape index (κ1) is 19.5. The third-order valence-corrected chi connectivity index (χ3v) is 5.81. The van der Waals surface area contributed by atoms with Crippen LogP contribution in [-0.2, 0) is 17.8 Å². The second kappa shape index (κ2) is 8.29. The van der Waals surface area contributed by atoms with Crippen molar-refractivity contribution in [3.05, 3.63) is 52.8 Å². The van der Waals surface area contributed by atoms with Gasteiger partial charge in [0.15, 0.2) is 5.13 Å². The molecule has 3 aromatic rings. The number of fused-ring (bicyclic) bond motifs is 1. The molecule has 0 atom stereocenters. The molecule has 6 nitrogen and oxygen atoms in total. The zero-order valence-corrected chi connectivity index (χ0v) is 17.8. The second-order valence-corrected chi connectivity index (χ2v) is 8.81. The quantitative estimate of drug-likeness (QED) is 0.670. The molecule has 150 valence electrons. The Morgan fingerprint density at radius 1 is 1.21 bits per heavy atom. The first-order valence-corrected chi connectivity index (χ1v) is 10.7. The number of benzene rings is 1. The molecule has 7 heteroatoms. The molecule has 1 aliphatic heterocycles. The summed E-state index contributed by atoms with van der Waals surface area (Å²) in [6.07, 6.45) is 1.40. The lowest BCUT2D eigenvalue weighted by molar-refractivity contribution is -0.132. The molecule has 1 amide bonds. The van der Waals surface area contributed by atoms with Gasteiger partial charge in [-0.2, -0.15) is 0 Å². The summed E-state index contributed by atoms with van der Waals surface area (Å²) in [5.74, 6) is 2.05. The Morgan fingerprint density at radius 2 is 2.00 bits per heavy atom. The Kier molecular flexibility index (Phi) is 5.58. The van der Waals surface area contributed by atoms with Gasteiger partial charge in [0.1, 0.15) is 11.6 Å². The van der Waals surface area contributed by atoms with Crippen LogP contribution in [0.1, 0.15) is 36.7 Å². The minimum absolute atomic E-state index is 0.229. The van der Waals surface area contributed by atoms with E-state index in [0.717, 1.165) is 45.7 Å². The van der Waals surface area contributed by atoms with Crippen molar-refractivity contribution in [3.63, 3.8) is 0 Å². The lowest BCUT2D eigenvalue weighted by atomic mass is 10.1. The number of rotatable bonds is 5. The maximum Gasteiger partial charge on any atom is 0.223 e. The number of hydrogen-bond acceptors (Lipinski definition) is 6. The molecule has 0 unspecified atom stereocenters. The van der Waals surface area contributed by atoms with Crippen LogP contribution in [0.2, 0.25) is 0 Å². The summed E-state index contributed by atoms with van der Waals surface area (Å²) >= 11 is 1.60. The van der Waals surface area contributed by atoms with E-state index in [2.05, 4.69) is 29.1 Å². The van der Waals surface area contributed by atoms with Gasteiger partial charge in [-0.05, 0) is 12.8 Å². The van der Waals surface area contributed by atoms with Crippen LogP contribution in [0.5, 0.6) is 0 Å². The summed E-state index contributed by atoms with van der Waals surface area (Å²) in [6.45, 7) is 7.44. The predicted molar refractivity (Wildman–Crippen MR) is 116 cm³/mol. The maximum absolute atomic E-state index is 12.4. The van der Waals surface area contributed by atoms with E-state index in [1.807, 2.05) is 48.2 Å². The average Bonchev–Trinajstić information content (AvgIpc) is 3.09. The Labute approximate surface area is 175 Å². The highest BCUT2D eigenvalue weighted by molar-refractivity contribution is 7.15. The summed E-state index contributed by atoms with van der Waals surface area (Å²) < 4.78 is 0. The predicted octanol–water partition coefficient (Wildman–Crippen LogP) is 4.58. The number of aryl methyl sites for hydroxylation is 1. The SMILES string of the molecule is Cc1nc(Nc2nc3c(s2)CN(C(=O)CC(C)C)CC3)cc(-c2ccccc2)n1. The van der Waals surface area contributed by atoms with Gasteiger partial charge in [-0.3, -0.25) is 4.79 Å². The fourth-order valence-electron chi connectivity index (χ4n) is 3.44. The van der Waals surface area contributed by atoms with Gasteiger partial charge in [-0.15, -0.1) is 0 Å². The standard InChI is InChI=1S/C22H25N5OS/c1-14(2)11-21(28)27-10-9-17-19(13-27)29-22(25-17)26-20-12-18(23-15(3)24-20)16-7-5-4-6-8-16/h4-8,12,14H,9-11,13H2,1-3H3,(H,23,24,25,26). The van der Waals surface area contributed by atoms with Crippen molar-refractivity contribution < 1.29 is 4.79 Å². The molecule has 0 bridgehead atoms. The van der Waals surface area contributed by atoms with Crippen LogP contribution in [0.4, 0.5) is 10.9 Å². The van der Waals surface area contributed by atoms with Crippen molar-refractivity contribution in [1.82, 2.24) is 19.9 Å². The molecule has 1 aliphatic rings. The van der Waals surface area contributed by atoms with E-state index in [4.69, 9.17) is 4.98 Å². The van der Waals surface area contributed by atoms with Crippen LogP contribution in [0.15, 0.2) is 36.4 Å². The van der Waals surface area contributed by atoms with E-state index in [9.17, 15) is 4.79 Å². The molecule has 4 rings (SSSR count). The molecular formula is C22H25N5OS. The zero-order valence-electron chi connectivity index (χ0n) is 17.0. The van der Waals surface area contributed by atoms with E-state index in [1.54, 1.807) is 11.3 Å². The van der Waals surface area contributed by atoms with E-state index in [0.29, 0.717) is 24.7 Å². The number of amides is 1. The molecule has 1 aromatic carbocycles. The third kappa shape index (κ3) is 4.62. The largest absolute Gasteiger partial charge is 0.337 e. The summed E-state index contributed by atoms with van der Waals surface area (Å²) in [4.78, 5) is 29.3. The Hall–Kier alpha value is -2.80. The Balaban J connectivity index is 1.51. The molecule has 0 radical (unpaired) electrons. The van der Waals surface area contributed by atoms with Gasteiger partial charge in [0.05, 0.1) is 17.9 Å². The molecular weight excluding hydrogens is 382 g/mol. The van der Waals surface area contributed by atoms with Crippen LogP contribution in [0.3, 0.4) is 0 Å². The van der Waals surface area contributed by atoms with E-state index >= 15 is 0 Å². The Morgan fingerprint density at radius 3 is 2.76 bits per heavy atom. The number of carbonyl (C=O) groups excluding carboxylic acids is 1. The molecule has 2 aromatic heterocycles. The first-order chi connectivity index (χ1) is 14.0. The highest BCUT2D eigenvalue weighted by Crippen LogP contribution is 2.31. The zero-order chi connectivity index (χ0) is 20.4. The van der Waals surface area contributed by atoms with Crippen molar-refractivity contribution in [1.29, 1.82) is 0 Å². The number of carbonyl (C=O) groups is 1. The number of hydrogen-bond donors (Lipinski definition) is 1. The first-order valence-electron chi connectivity index (χ1n) is 9.92. The Bertz CT molecular complexity index is 1020. The summed E-state index contributed by atoms with van der Waals surface area (Å²) in [5.41, 5.74) is 3.02. The van der Waals surface area contributed by atoms with Crippen molar-refractivity contribution in [2.75, 3.05) is 11.9 Å². The minimum Gasteiger partial charge on any atom is -0.337 e. The molecule has 0 aliphatic carbocycles. The topological polar surface area (TPSA) is 71.0 Å². The number of aromatic nitrogens is 3. The molecule has 0 spiro atoms. The van der Waals surface area contributed by atoms with E-state index in [1.165, 1.54) is 0 Å². The van der Waals surface area contributed by atoms with Gasteiger partial charge < -0.3 is 10.2 Å². The van der Waals surface area contributed by atoms with Crippen molar-refractivity contribution >= 4 is 28.2 Å². The van der Waals surface area contributed by atoms with Crippen molar-refractivity contribution in [3.8, 4) is 11.3 Å². The van der Waals surface area contributed by atoms with E-state index in [-0.39, 0.29) is 5.91 Å². The summed E-state index contributed by atoms with van der Waals surface area (Å²) in [6, 6.07) is 12.0. The highest BCUT2D eigenvalue weighted by Gasteiger charge is 2.24.